The normalized spacial score (nSPS) is 11.0. The molecule has 0 unspecified atom stereocenters. The Labute approximate surface area is 155 Å². The zero-order chi connectivity index (χ0) is 19.3. The molecule has 0 fully saturated rings. The lowest BCUT2D eigenvalue weighted by molar-refractivity contribution is 0.0827. The van der Waals surface area contributed by atoms with Gasteiger partial charge < -0.3 is 9.64 Å². The second-order valence-corrected chi connectivity index (χ2v) is 6.63. The first kappa shape index (κ1) is 19.4. The van der Waals surface area contributed by atoms with Crippen LogP contribution < -0.4 is 4.74 Å². The molecule has 0 bridgehead atoms. The molecule has 4 nitrogen and oxygen atoms in total. The molecule has 26 heavy (non-hydrogen) atoms. The lowest BCUT2D eigenvalue weighted by atomic mass is 9.99. The van der Waals surface area contributed by atoms with E-state index < -0.39 is 0 Å². The summed E-state index contributed by atoms with van der Waals surface area (Å²) in [6, 6.07) is 12.7. The minimum absolute atomic E-state index is 0.0882. The molecule has 0 radical (unpaired) electrons. The van der Waals surface area contributed by atoms with Crippen LogP contribution in [0, 0.1) is 0 Å². The Kier molecular flexibility index (Phi) is 6.34. The summed E-state index contributed by atoms with van der Waals surface area (Å²) < 4.78 is 5.38. The van der Waals surface area contributed by atoms with Crippen molar-refractivity contribution in [2.75, 3.05) is 21.2 Å². The highest BCUT2D eigenvalue weighted by atomic mass is 16.5. The van der Waals surface area contributed by atoms with Gasteiger partial charge in [0.2, 0.25) is 0 Å². The van der Waals surface area contributed by atoms with Crippen molar-refractivity contribution >= 4 is 17.8 Å². The van der Waals surface area contributed by atoms with E-state index in [1.54, 1.807) is 51.5 Å². The second kappa shape index (κ2) is 8.48. The first-order valence-electron chi connectivity index (χ1n) is 8.55. The summed E-state index contributed by atoms with van der Waals surface area (Å²) in [6.45, 7) is 4.24. The molecule has 0 aliphatic heterocycles. The Hall–Kier alpha value is -2.88. The minimum Gasteiger partial charge on any atom is -0.496 e. The van der Waals surface area contributed by atoms with Gasteiger partial charge in [0.15, 0.2) is 5.78 Å². The molecule has 0 aliphatic rings. The smallest absolute Gasteiger partial charge is 0.253 e. The van der Waals surface area contributed by atoms with Crippen molar-refractivity contribution in [1.29, 1.82) is 0 Å². The Morgan fingerprint density at radius 1 is 1.00 bits per heavy atom. The molecular weight excluding hydrogens is 326 g/mol. The van der Waals surface area contributed by atoms with Gasteiger partial charge in [-0.15, -0.1) is 0 Å². The van der Waals surface area contributed by atoms with Crippen molar-refractivity contribution in [3.8, 4) is 5.75 Å². The summed E-state index contributed by atoms with van der Waals surface area (Å²) in [5, 5.41) is 0. The number of hydrogen-bond acceptors (Lipinski definition) is 3. The SMILES string of the molecule is COc1ccc(C(C)C)cc1C=CC(=O)c1ccc(C(=O)N(C)C)cc1. The van der Waals surface area contributed by atoms with Gasteiger partial charge in [-0.2, -0.15) is 0 Å². The Balaban J connectivity index is 2.21. The van der Waals surface area contributed by atoms with Gasteiger partial charge in [0.25, 0.3) is 5.91 Å². The molecule has 136 valence electrons. The second-order valence-electron chi connectivity index (χ2n) is 6.63. The fourth-order valence-electron chi connectivity index (χ4n) is 2.54. The largest absolute Gasteiger partial charge is 0.496 e. The van der Waals surface area contributed by atoms with Crippen LogP contribution in [0.3, 0.4) is 0 Å². The predicted molar refractivity (Wildman–Crippen MR) is 105 cm³/mol. The first-order valence-corrected chi connectivity index (χ1v) is 8.55. The van der Waals surface area contributed by atoms with E-state index >= 15 is 0 Å². The Bertz CT molecular complexity index is 818. The van der Waals surface area contributed by atoms with Gasteiger partial charge >= 0.3 is 0 Å². The third-order valence-corrected chi connectivity index (χ3v) is 4.16. The number of carbonyl (C=O) groups excluding carboxylic acids is 2. The van der Waals surface area contributed by atoms with Crippen LogP contribution in [0.25, 0.3) is 6.08 Å². The first-order chi connectivity index (χ1) is 12.3. The van der Waals surface area contributed by atoms with Crippen LogP contribution in [0.15, 0.2) is 48.5 Å². The molecular formula is C22H25NO3. The molecule has 0 aromatic heterocycles. The van der Waals surface area contributed by atoms with Gasteiger partial charge in [-0.05, 0) is 47.9 Å². The summed E-state index contributed by atoms with van der Waals surface area (Å²) in [5.41, 5.74) is 3.15. The fraction of sp³-hybridized carbons (Fsp3) is 0.273. The van der Waals surface area contributed by atoms with Gasteiger partial charge in [-0.3, -0.25) is 9.59 Å². The van der Waals surface area contributed by atoms with Crippen LogP contribution in [0.5, 0.6) is 5.75 Å². The van der Waals surface area contributed by atoms with E-state index in [0.717, 1.165) is 11.3 Å². The van der Waals surface area contributed by atoms with Gasteiger partial charge in [0.1, 0.15) is 5.75 Å². The summed E-state index contributed by atoms with van der Waals surface area (Å²) >= 11 is 0. The average molecular weight is 351 g/mol. The monoisotopic (exact) mass is 351 g/mol. The zero-order valence-electron chi connectivity index (χ0n) is 15.9. The number of amides is 1. The number of ketones is 1. The molecule has 0 aliphatic carbocycles. The number of benzene rings is 2. The molecule has 0 atom stereocenters. The quantitative estimate of drug-likeness (QED) is 0.572. The minimum atomic E-state index is -0.120. The maximum Gasteiger partial charge on any atom is 0.253 e. The number of ether oxygens (including phenoxy) is 1. The number of hydrogen-bond donors (Lipinski definition) is 0. The molecule has 4 heteroatoms. The summed E-state index contributed by atoms with van der Waals surface area (Å²) in [7, 11) is 5.01. The van der Waals surface area contributed by atoms with E-state index in [1.807, 2.05) is 18.2 Å². The van der Waals surface area contributed by atoms with Crippen LogP contribution >= 0.6 is 0 Å². The Morgan fingerprint density at radius 2 is 1.62 bits per heavy atom. The molecule has 0 saturated heterocycles. The highest BCUT2D eigenvalue weighted by Crippen LogP contribution is 2.25. The maximum absolute atomic E-state index is 12.4. The number of carbonyl (C=O) groups is 2. The molecule has 0 N–H and O–H groups in total. The van der Waals surface area contributed by atoms with Crippen LogP contribution in [0.4, 0.5) is 0 Å². The van der Waals surface area contributed by atoms with Gasteiger partial charge in [-0.1, -0.05) is 32.0 Å². The van der Waals surface area contributed by atoms with Crippen molar-refractivity contribution < 1.29 is 14.3 Å². The van der Waals surface area contributed by atoms with Gasteiger partial charge in [-0.25, -0.2) is 0 Å². The fourth-order valence-corrected chi connectivity index (χ4v) is 2.54. The molecule has 0 saturated carbocycles. The average Bonchev–Trinajstić information content (AvgIpc) is 2.65. The van der Waals surface area contributed by atoms with Crippen LogP contribution in [-0.2, 0) is 0 Å². The summed E-state index contributed by atoms with van der Waals surface area (Å²) in [6.07, 6.45) is 3.30. The van der Waals surface area contributed by atoms with E-state index in [-0.39, 0.29) is 11.7 Å². The van der Waals surface area contributed by atoms with Crippen LogP contribution in [0.2, 0.25) is 0 Å². The standard InChI is InChI=1S/C22H25NO3/c1-15(2)18-11-13-21(26-5)19(14-18)10-12-20(24)16-6-8-17(9-7-16)22(25)23(3)4/h6-15H,1-5H3. The van der Waals surface area contributed by atoms with Crippen LogP contribution in [-0.4, -0.2) is 37.8 Å². The third kappa shape index (κ3) is 4.60. The number of nitrogens with zero attached hydrogens (tertiary/aromatic N) is 1. The maximum atomic E-state index is 12.4. The number of allylic oxidation sites excluding steroid dienone is 1. The van der Waals surface area contributed by atoms with Crippen LogP contribution in [0.1, 0.15) is 51.6 Å². The van der Waals surface area contributed by atoms with Crippen molar-refractivity contribution in [3.05, 3.63) is 70.8 Å². The molecule has 2 aromatic carbocycles. The third-order valence-electron chi connectivity index (χ3n) is 4.16. The summed E-state index contributed by atoms with van der Waals surface area (Å²) in [5.74, 6) is 0.913. The van der Waals surface area contributed by atoms with Gasteiger partial charge in [0.05, 0.1) is 7.11 Å². The molecule has 0 heterocycles. The topological polar surface area (TPSA) is 46.6 Å². The molecule has 0 spiro atoms. The molecule has 2 rings (SSSR count). The van der Waals surface area contributed by atoms with Gasteiger partial charge in [0, 0.05) is 30.8 Å². The lowest BCUT2D eigenvalue weighted by Gasteiger charge is -2.10. The molecule has 1 amide bonds. The number of rotatable bonds is 6. The molecule has 2 aromatic rings. The van der Waals surface area contributed by atoms with E-state index in [2.05, 4.69) is 13.8 Å². The predicted octanol–water partition coefficient (Wildman–Crippen LogP) is 4.42. The van der Waals surface area contributed by atoms with Crippen molar-refractivity contribution in [1.82, 2.24) is 4.90 Å². The van der Waals surface area contributed by atoms with Crippen molar-refractivity contribution in [3.63, 3.8) is 0 Å². The Morgan fingerprint density at radius 3 is 2.15 bits per heavy atom. The summed E-state index contributed by atoms with van der Waals surface area (Å²) in [4.78, 5) is 25.8. The van der Waals surface area contributed by atoms with E-state index in [1.165, 1.54) is 16.5 Å². The van der Waals surface area contributed by atoms with E-state index in [0.29, 0.717) is 17.0 Å². The zero-order valence-corrected chi connectivity index (χ0v) is 15.9. The highest BCUT2D eigenvalue weighted by Gasteiger charge is 2.10. The lowest BCUT2D eigenvalue weighted by Crippen LogP contribution is -2.21. The highest BCUT2D eigenvalue weighted by molar-refractivity contribution is 6.07. The number of methoxy groups -OCH3 is 1. The van der Waals surface area contributed by atoms with E-state index in [4.69, 9.17) is 4.74 Å². The van der Waals surface area contributed by atoms with Crippen molar-refractivity contribution in [2.24, 2.45) is 0 Å². The van der Waals surface area contributed by atoms with E-state index in [9.17, 15) is 9.59 Å². The van der Waals surface area contributed by atoms with Crippen molar-refractivity contribution in [2.45, 2.75) is 19.8 Å².